The Balaban J connectivity index is 0.000000136. The van der Waals surface area contributed by atoms with Crippen LogP contribution in [-0.2, 0) is 4.79 Å². The molecule has 3 aliphatic heterocycles. The van der Waals surface area contributed by atoms with Crippen LogP contribution in [0.2, 0.25) is 0 Å². The average molecular weight is 591 g/mol. The molecular formula is C33H24F2N6O3. The number of nitrogens with zero attached hydrogens (tertiary/aromatic N) is 1. The molecule has 1 fully saturated rings. The Bertz CT molecular complexity index is 2070. The van der Waals surface area contributed by atoms with Crippen molar-refractivity contribution in [3.05, 3.63) is 107 Å². The highest BCUT2D eigenvalue weighted by Crippen LogP contribution is 2.50. The number of hydrogen-bond donors (Lipinski definition) is 5. The third-order valence-electron chi connectivity index (χ3n) is 8.63. The Morgan fingerprint density at radius 2 is 1.48 bits per heavy atom. The smallest absolute Gasteiger partial charge is 0.318 e. The molecule has 1 saturated heterocycles. The zero-order chi connectivity index (χ0) is 30.1. The fourth-order valence-corrected chi connectivity index (χ4v) is 6.75. The Morgan fingerprint density at radius 1 is 0.750 bits per heavy atom. The van der Waals surface area contributed by atoms with E-state index in [0.29, 0.717) is 63.9 Å². The van der Waals surface area contributed by atoms with Crippen molar-refractivity contribution in [2.24, 2.45) is 0 Å². The summed E-state index contributed by atoms with van der Waals surface area (Å²) in [7, 11) is 0. The van der Waals surface area contributed by atoms with Gasteiger partial charge in [-0.1, -0.05) is 12.1 Å². The lowest BCUT2D eigenvalue weighted by Gasteiger charge is -2.33. The summed E-state index contributed by atoms with van der Waals surface area (Å²) in [6.07, 6.45) is 3.98. The van der Waals surface area contributed by atoms with Crippen LogP contribution >= 0.6 is 0 Å². The van der Waals surface area contributed by atoms with Gasteiger partial charge in [0.15, 0.2) is 0 Å². The van der Waals surface area contributed by atoms with E-state index in [1.165, 1.54) is 12.1 Å². The van der Waals surface area contributed by atoms with Crippen LogP contribution in [0.4, 0.5) is 25.0 Å². The standard InChI is InChI=1S/C18H15FN4O2.C15H9FN2O/c19-10-3-4-12-16-14(17(24)22-12)9(11-2-1-5-20-11)8-13(15(10)16)23-7-6-21-18(23)25;16-10-5-6-12-13-8(10)3-4-9(11-2-1-7-17-11)14(13)15(19)18-12/h1-5,13,20H,6-8H2,(H,21,25)(H,22,24);1-7,17H,(H,18,19). The molecule has 218 valence electrons. The zero-order valence-corrected chi connectivity index (χ0v) is 23.1. The van der Waals surface area contributed by atoms with Gasteiger partial charge in [0, 0.05) is 82.1 Å². The first-order chi connectivity index (χ1) is 21.4. The minimum atomic E-state index is -0.438. The van der Waals surface area contributed by atoms with E-state index in [-0.39, 0.29) is 29.5 Å². The molecule has 3 aromatic carbocycles. The van der Waals surface area contributed by atoms with Gasteiger partial charge in [0.1, 0.15) is 11.6 Å². The Kier molecular flexibility index (Phi) is 5.70. The summed E-state index contributed by atoms with van der Waals surface area (Å²) >= 11 is 0. The van der Waals surface area contributed by atoms with Crippen molar-refractivity contribution in [2.45, 2.75) is 12.5 Å². The second kappa shape index (κ2) is 9.66. The fourth-order valence-electron chi connectivity index (χ4n) is 6.75. The molecule has 11 heteroatoms. The lowest BCUT2D eigenvalue weighted by molar-refractivity contribution is -0.110. The van der Waals surface area contributed by atoms with Gasteiger partial charge in [-0.2, -0.15) is 0 Å². The predicted octanol–water partition coefficient (Wildman–Crippen LogP) is 6.03. The molecule has 0 saturated carbocycles. The van der Waals surface area contributed by atoms with Crippen LogP contribution in [0.5, 0.6) is 0 Å². The van der Waals surface area contributed by atoms with Crippen molar-refractivity contribution in [3.63, 3.8) is 0 Å². The number of H-pyrrole nitrogens is 2. The number of carbonyl (C=O) groups is 3. The van der Waals surface area contributed by atoms with E-state index in [1.807, 2.05) is 24.3 Å². The van der Waals surface area contributed by atoms with Crippen LogP contribution in [-0.4, -0.2) is 45.8 Å². The second-order valence-corrected chi connectivity index (χ2v) is 11.0. The molecule has 5 heterocycles. The van der Waals surface area contributed by atoms with E-state index >= 15 is 0 Å². The van der Waals surface area contributed by atoms with Crippen molar-refractivity contribution in [2.75, 3.05) is 23.7 Å². The van der Waals surface area contributed by atoms with E-state index in [1.54, 1.807) is 41.6 Å². The molecule has 9 nitrogen and oxygen atoms in total. The molecule has 0 bridgehead atoms. The van der Waals surface area contributed by atoms with Crippen LogP contribution in [0, 0.1) is 11.6 Å². The van der Waals surface area contributed by atoms with Gasteiger partial charge < -0.3 is 30.8 Å². The van der Waals surface area contributed by atoms with Gasteiger partial charge >= 0.3 is 6.03 Å². The van der Waals surface area contributed by atoms with Crippen LogP contribution in [0.1, 0.15) is 39.6 Å². The second-order valence-electron chi connectivity index (χ2n) is 11.0. The van der Waals surface area contributed by atoms with Gasteiger partial charge in [0.05, 0.1) is 17.2 Å². The molecule has 1 unspecified atom stereocenters. The molecule has 4 aliphatic rings. The summed E-state index contributed by atoms with van der Waals surface area (Å²) < 4.78 is 28.6. The summed E-state index contributed by atoms with van der Waals surface area (Å²) in [5, 5.41) is 9.52. The first-order valence-corrected chi connectivity index (χ1v) is 14.2. The highest BCUT2D eigenvalue weighted by atomic mass is 19.1. The summed E-state index contributed by atoms with van der Waals surface area (Å²) in [4.78, 5) is 44.8. The molecule has 1 aliphatic carbocycles. The van der Waals surface area contributed by atoms with E-state index < -0.39 is 6.04 Å². The van der Waals surface area contributed by atoms with Crippen molar-refractivity contribution in [1.29, 1.82) is 0 Å². The summed E-state index contributed by atoms with van der Waals surface area (Å²) in [5.41, 5.74) is 6.60. The van der Waals surface area contributed by atoms with Crippen LogP contribution in [0.15, 0.2) is 73.1 Å². The lowest BCUT2D eigenvalue weighted by atomic mass is 9.81. The van der Waals surface area contributed by atoms with Gasteiger partial charge in [0.25, 0.3) is 11.8 Å². The number of urea groups is 1. The number of aromatic nitrogens is 2. The molecule has 5 N–H and O–H groups in total. The van der Waals surface area contributed by atoms with Crippen molar-refractivity contribution >= 4 is 51.1 Å². The highest BCUT2D eigenvalue weighted by molar-refractivity contribution is 6.37. The molecular weight excluding hydrogens is 566 g/mol. The quantitative estimate of drug-likeness (QED) is 0.177. The van der Waals surface area contributed by atoms with E-state index in [4.69, 9.17) is 0 Å². The highest BCUT2D eigenvalue weighted by Gasteiger charge is 2.43. The minimum absolute atomic E-state index is 0.184. The average Bonchev–Trinajstić information content (AvgIpc) is 3.86. The normalized spacial score (nSPS) is 17.8. The minimum Gasteiger partial charge on any atom is -0.361 e. The third-order valence-corrected chi connectivity index (χ3v) is 8.63. The molecule has 5 aromatic rings. The predicted molar refractivity (Wildman–Crippen MR) is 162 cm³/mol. The van der Waals surface area contributed by atoms with Gasteiger partial charge in [-0.3, -0.25) is 9.59 Å². The molecule has 44 heavy (non-hydrogen) atoms. The third kappa shape index (κ3) is 3.78. The van der Waals surface area contributed by atoms with Crippen LogP contribution in [0.3, 0.4) is 0 Å². The molecule has 0 radical (unpaired) electrons. The van der Waals surface area contributed by atoms with Crippen LogP contribution < -0.4 is 16.0 Å². The maximum atomic E-state index is 14.8. The number of nitrogens with one attached hydrogen (secondary N) is 5. The summed E-state index contributed by atoms with van der Waals surface area (Å²) in [6, 6.07) is 16.3. The molecule has 2 aromatic heterocycles. The first-order valence-electron chi connectivity index (χ1n) is 14.2. The Labute approximate surface area is 249 Å². The maximum absolute atomic E-state index is 14.8. The number of hydrogen-bond acceptors (Lipinski definition) is 3. The number of carbonyl (C=O) groups excluding carboxylic acids is 3. The molecule has 4 amide bonds. The number of amides is 4. The van der Waals surface area contributed by atoms with Gasteiger partial charge in [-0.05, 0) is 54.1 Å². The Hall–Kier alpha value is -5.71. The Morgan fingerprint density at radius 3 is 2.20 bits per heavy atom. The van der Waals surface area contributed by atoms with Crippen LogP contribution in [0.25, 0.3) is 33.2 Å². The topological polar surface area (TPSA) is 122 Å². The maximum Gasteiger partial charge on any atom is 0.318 e. The van der Waals surface area contributed by atoms with Gasteiger partial charge in [0.2, 0.25) is 0 Å². The van der Waals surface area contributed by atoms with E-state index in [9.17, 15) is 23.2 Å². The lowest BCUT2D eigenvalue weighted by Crippen LogP contribution is -2.34. The van der Waals surface area contributed by atoms with Crippen molar-refractivity contribution < 1.29 is 23.2 Å². The number of benzene rings is 3. The first kappa shape index (κ1) is 26.0. The van der Waals surface area contributed by atoms with E-state index in [0.717, 1.165) is 22.5 Å². The van der Waals surface area contributed by atoms with Crippen molar-refractivity contribution in [3.8, 4) is 11.3 Å². The number of anilines is 2. The summed E-state index contributed by atoms with van der Waals surface area (Å²) in [6.45, 7) is 1.05. The van der Waals surface area contributed by atoms with Gasteiger partial charge in [-0.15, -0.1) is 0 Å². The molecule has 9 rings (SSSR count). The fraction of sp³-hybridized carbons (Fsp3) is 0.121. The molecule has 0 spiro atoms. The zero-order valence-electron chi connectivity index (χ0n) is 23.1. The van der Waals surface area contributed by atoms with Gasteiger partial charge in [-0.25, -0.2) is 13.6 Å². The SMILES string of the molecule is O=C1Nc2ccc(F)c3c2C1=C(c1ccc[nH]1)CC3N1CCNC1=O.O=C1Nc2ccc(F)c3ccc(-c4ccc[nH]4)c1c23. The van der Waals surface area contributed by atoms with E-state index in [2.05, 4.69) is 25.9 Å². The number of rotatable bonds is 3. The largest absolute Gasteiger partial charge is 0.361 e. The monoisotopic (exact) mass is 590 g/mol. The number of aromatic amines is 2. The number of halogens is 2. The summed E-state index contributed by atoms with van der Waals surface area (Å²) in [5.74, 6) is -1.11. The van der Waals surface area contributed by atoms with Crippen molar-refractivity contribution in [1.82, 2.24) is 20.2 Å². The molecule has 1 atom stereocenters.